The summed E-state index contributed by atoms with van der Waals surface area (Å²) in [5, 5.41) is 2.78. The number of nitrogens with one attached hydrogen (secondary N) is 1. The van der Waals surface area contributed by atoms with Crippen molar-refractivity contribution in [2.24, 2.45) is 0 Å². The summed E-state index contributed by atoms with van der Waals surface area (Å²) < 4.78 is 32.1. The Morgan fingerprint density at radius 2 is 1.81 bits per heavy atom. The maximum Gasteiger partial charge on any atom is 0.340 e. The first-order chi connectivity index (χ1) is 14.8. The lowest BCUT2D eigenvalue weighted by Gasteiger charge is -2.17. The molecule has 0 radical (unpaired) electrons. The largest absolute Gasteiger partial charge is 0.449 e. The van der Waals surface area contributed by atoms with Crippen LogP contribution in [0.2, 0.25) is 5.02 Å². The summed E-state index contributed by atoms with van der Waals surface area (Å²) in [4.78, 5) is 24.8. The molecule has 0 spiro atoms. The molecule has 9 heteroatoms. The number of rotatable bonds is 8. The van der Waals surface area contributed by atoms with Crippen LogP contribution < -0.4 is 5.32 Å². The van der Waals surface area contributed by atoms with Crippen molar-refractivity contribution < 1.29 is 22.7 Å². The summed E-state index contributed by atoms with van der Waals surface area (Å²) in [6, 6.07) is 13.6. The van der Waals surface area contributed by atoms with Gasteiger partial charge in [-0.1, -0.05) is 41.9 Å². The van der Waals surface area contributed by atoms with Gasteiger partial charge in [-0.3, -0.25) is 4.79 Å². The van der Waals surface area contributed by atoms with Gasteiger partial charge in [-0.2, -0.15) is 4.31 Å². The molecule has 1 N–H and O–H groups in total. The molecule has 1 aliphatic rings. The SMILES string of the molecule is CC(OC(=O)c1cc(S(=O)(=O)N2CCCC2)ccc1Cl)C(=O)NCCc1ccccc1. The van der Waals surface area contributed by atoms with E-state index in [1.807, 2.05) is 30.3 Å². The standard InChI is InChI=1S/C22H25ClN2O5S/c1-16(21(26)24-12-11-17-7-3-2-4-8-17)30-22(27)19-15-18(9-10-20(19)23)31(28,29)25-13-5-6-14-25/h2-4,7-10,15-16H,5-6,11-14H2,1H3,(H,24,26). The van der Waals surface area contributed by atoms with Gasteiger partial charge in [0.1, 0.15) is 0 Å². The molecule has 1 unspecified atom stereocenters. The number of sulfonamides is 1. The molecular weight excluding hydrogens is 440 g/mol. The molecular formula is C22H25ClN2O5S. The van der Waals surface area contributed by atoms with Crippen LogP contribution in [0.15, 0.2) is 53.4 Å². The molecule has 0 aliphatic carbocycles. The molecule has 166 valence electrons. The van der Waals surface area contributed by atoms with Gasteiger partial charge in [-0.05, 0) is 49.9 Å². The number of hydrogen-bond acceptors (Lipinski definition) is 5. The highest BCUT2D eigenvalue weighted by atomic mass is 35.5. The minimum absolute atomic E-state index is 0.0225. The lowest BCUT2D eigenvalue weighted by Crippen LogP contribution is -2.37. The smallest absolute Gasteiger partial charge is 0.340 e. The van der Waals surface area contributed by atoms with E-state index in [2.05, 4.69) is 5.32 Å². The van der Waals surface area contributed by atoms with Crippen LogP contribution in [0.4, 0.5) is 0 Å². The lowest BCUT2D eigenvalue weighted by atomic mass is 10.1. The van der Waals surface area contributed by atoms with Crippen LogP contribution in [0.25, 0.3) is 0 Å². The normalized spacial score (nSPS) is 15.4. The molecule has 1 fully saturated rings. The van der Waals surface area contributed by atoms with E-state index < -0.39 is 28.0 Å². The van der Waals surface area contributed by atoms with Gasteiger partial charge in [0.25, 0.3) is 5.91 Å². The summed E-state index contributed by atoms with van der Waals surface area (Å²) in [5.41, 5.74) is 0.987. The highest BCUT2D eigenvalue weighted by molar-refractivity contribution is 7.89. The number of halogens is 1. The Labute approximate surface area is 187 Å². The van der Waals surface area contributed by atoms with E-state index in [4.69, 9.17) is 16.3 Å². The van der Waals surface area contributed by atoms with Gasteiger partial charge in [0.15, 0.2) is 6.10 Å². The molecule has 0 bridgehead atoms. The van der Waals surface area contributed by atoms with Crippen molar-refractivity contribution in [2.45, 2.75) is 37.2 Å². The van der Waals surface area contributed by atoms with Crippen molar-refractivity contribution in [3.63, 3.8) is 0 Å². The Balaban J connectivity index is 1.62. The highest BCUT2D eigenvalue weighted by Crippen LogP contribution is 2.26. The lowest BCUT2D eigenvalue weighted by molar-refractivity contribution is -0.129. The molecule has 1 aliphatic heterocycles. The summed E-state index contributed by atoms with van der Waals surface area (Å²) in [5.74, 6) is -1.30. The fourth-order valence-electron chi connectivity index (χ4n) is 3.29. The molecule has 31 heavy (non-hydrogen) atoms. The number of esters is 1. The number of benzene rings is 2. The number of ether oxygens (including phenoxy) is 1. The van der Waals surface area contributed by atoms with E-state index in [9.17, 15) is 18.0 Å². The quantitative estimate of drug-likeness (QED) is 0.606. The molecule has 0 saturated carbocycles. The average molecular weight is 465 g/mol. The van der Waals surface area contributed by atoms with Crippen molar-refractivity contribution in [1.82, 2.24) is 9.62 Å². The molecule has 2 aromatic rings. The van der Waals surface area contributed by atoms with Crippen molar-refractivity contribution in [3.8, 4) is 0 Å². The zero-order chi connectivity index (χ0) is 22.4. The first kappa shape index (κ1) is 23.2. The van der Waals surface area contributed by atoms with Crippen LogP contribution in [0.3, 0.4) is 0 Å². The van der Waals surface area contributed by atoms with Crippen LogP contribution in [0.1, 0.15) is 35.7 Å². The molecule has 7 nitrogen and oxygen atoms in total. The third-order valence-electron chi connectivity index (χ3n) is 5.07. The average Bonchev–Trinajstić information content (AvgIpc) is 3.30. The van der Waals surface area contributed by atoms with E-state index >= 15 is 0 Å². The highest BCUT2D eigenvalue weighted by Gasteiger charge is 2.29. The number of carbonyl (C=O) groups excluding carboxylic acids is 2. The Kier molecular flexibility index (Phi) is 7.69. The van der Waals surface area contributed by atoms with E-state index in [-0.39, 0.29) is 15.5 Å². The Morgan fingerprint density at radius 1 is 1.13 bits per heavy atom. The summed E-state index contributed by atoms with van der Waals surface area (Å²) >= 11 is 6.11. The van der Waals surface area contributed by atoms with Crippen LogP contribution in [0.5, 0.6) is 0 Å². The molecule has 2 aromatic carbocycles. The Hall–Kier alpha value is -2.42. The number of amides is 1. The predicted molar refractivity (Wildman–Crippen MR) is 117 cm³/mol. The van der Waals surface area contributed by atoms with Gasteiger partial charge in [0.2, 0.25) is 10.0 Å². The van der Waals surface area contributed by atoms with E-state index in [0.29, 0.717) is 26.1 Å². The minimum Gasteiger partial charge on any atom is -0.449 e. The molecule has 1 heterocycles. The van der Waals surface area contributed by atoms with Crippen LogP contribution in [-0.4, -0.2) is 50.3 Å². The van der Waals surface area contributed by atoms with E-state index in [1.165, 1.54) is 29.4 Å². The zero-order valence-electron chi connectivity index (χ0n) is 17.2. The van der Waals surface area contributed by atoms with Gasteiger partial charge in [-0.15, -0.1) is 0 Å². The maximum atomic E-state index is 12.8. The zero-order valence-corrected chi connectivity index (χ0v) is 18.8. The van der Waals surface area contributed by atoms with Crippen LogP contribution in [-0.2, 0) is 26.0 Å². The van der Waals surface area contributed by atoms with Crippen LogP contribution >= 0.6 is 11.6 Å². The maximum absolute atomic E-state index is 12.8. The van der Waals surface area contributed by atoms with Gasteiger partial charge in [0.05, 0.1) is 15.5 Å². The van der Waals surface area contributed by atoms with E-state index in [0.717, 1.165) is 18.4 Å². The molecule has 1 atom stereocenters. The van der Waals surface area contributed by atoms with Gasteiger partial charge < -0.3 is 10.1 Å². The third kappa shape index (κ3) is 5.84. The van der Waals surface area contributed by atoms with Gasteiger partial charge in [0, 0.05) is 19.6 Å². The number of hydrogen-bond donors (Lipinski definition) is 1. The second-order valence-corrected chi connectivity index (χ2v) is 9.67. The summed E-state index contributed by atoms with van der Waals surface area (Å²) in [6.45, 7) is 2.75. The molecule has 1 saturated heterocycles. The molecule has 0 aromatic heterocycles. The van der Waals surface area contributed by atoms with Crippen molar-refractivity contribution in [1.29, 1.82) is 0 Å². The first-order valence-corrected chi connectivity index (χ1v) is 11.9. The topological polar surface area (TPSA) is 92.8 Å². The fourth-order valence-corrected chi connectivity index (χ4v) is 5.03. The first-order valence-electron chi connectivity index (χ1n) is 10.1. The third-order valence-corrected chi connectivity index (χ3v) is 7.29. The molecule has 1 amide bonds. The van der Waals surface area contributed by atoms with Crippen molar-refractivity contribution in [3.05, 3.63) is 64.7 Å². The Morgan fingerprint density at radius 3 is 2.48 bits per heavy atom. The minimum atomic E-state index is -3.71. The fraction of sp³-hybridized carbons (Fsp3) is 0.364. The molecule has 3 rings (SSSR count). The predicted octanol–water partition coefficient (Wildman–Crippen LogP) is 3.03. The second kappa shape index (κ2) is 10.3. The summed E-state index contributed by atoms with van der Waals surface area (Å²) in [7, 11) is -3.71. The van der Waals surface area contributed by atoms with Crippen molar-refractivity contribution >= 4 is 33.5 Å². The second-order valence-electron chi connectivity index (χ2n) is 7.33. The van der Waals surface area contributed by atoms with Gasteiger partial charge >= 0.3 is 5.97 Å². The summed E-state index contributed by atoms with van der Waals surface area (Å²) in [6.07, 6.45) is 1.20. The number of nitrogens with zero attached hydrogens (tertiary/aromatic N) is 1. The van der Waals surface area contributed by atoms with Gasteiger partial charge in [-0.25, -0.2) is 13.2 Å². The monoisotopic (exact) mass is 464 g/mol. The number of carbonyl (C=O) groups is 2. The van der Waals surface area contributed by atoms with E-state index in [1.54, 1.807) is 0 Å². The van der Waals surface area contributed by atoms with Crippen molar-refractivity contribution in [2.75, 3.05) is 19.6 Å². The Bertz CT molecular complexity index is 1040. The van der Waals surface area contributed by atoms with Crippen LogP contribution in [0, 0.1) is 0 Å².